The maximum absolute atomic E-state index is 3.39. The van der Waals surface area contributed by atoms with E-state index in [2.05, 4.69) is 61.6 Å². The van der Waals surface area contributed by atoms with Crippen LogP contribution in [-0.2, 0) is 0 Å². The molecule has 0 amide bonds. The van der Waals surface area contributed by atoms with E-state index in [0.717, 1.165) is 13.1 Å². The highest BCUT2D eigenvalue weighted by atomic mass is 14.8. The highest BCUT2D eigenvalue weighted by Gasteiger charge is 2.04. The predicted molar refractivity (Wildman–Crippen MR) is 70.9 cm³/mol. The van der Waals surface area contributed by atoms with Gasteiger partial charge in [0.05, 0.1) is 0 Å². The molecule has 2 aromatic carbocycles. The molecule has 0 aliphatic rings. The molecule has 0 heterocycles. The summed E-state index contributed by atoms with van der Waals surface area (Å²) in [5.74, 6) is 0.574. The highest BCUT2D eigenvalue weighted by Crippen LogP contribution is 2.21. The summed E-state index contributed by atoms with van der Waals surface area (Å²) >= 11 is 0. The summed E-state index contributed by atoms with van der Waals surface area (Å²) in [6.07, 6.45) is 0. The third kappa shape index (κ3) is 2.42. The second kappa shape index (κ2) is 5.13. The summed E-state index contributed by atoms with van der Waals surface area (Å²) in [6, 6.07) is 15.3. The number of benzene rings is 2. The fraction of sp³-hybridized carbons (Fsp3) is 0.333. The largest absolute Gasteiger partial charge is 0.316 e. The van der Waals surface area contributed by atoms with Gasteiger partial charge in [0.2, 0.25) is 0 Å². The Morgan fingerprint density at radius 2 is 1.81 bits per heavy atom. The lowest BCUT2D eigenvalue weighted by Crippen LogP contribution is -2.19. The van der Waals surface area contributed by atoms with Crippen molar-refractivity contribution in [2.24, 2.45) is 0 Å². The lowest BCUT2D eigenvalue weighted by atomic mass is 9.98. The Morgan fingerprint density at radius 3 is 2.56 bits per heavy atom. The minimum Gasteiger partial charge on any atom is -0.316 e. The molecule has 0 saturated heterocycles. The van der Waals surface area contributed by atoms with E-state index in [4.69, 9.17) is 0 Å². The van der Waals surface area contributed by atoms with Crippen molar-refractivity contribution in [1.82, 2.24) is 5.32 Å². The molecule has 1 nitrogen and oxygen atoms in total. The van der Waals surface area contributed by atoms with Crippen LogP contribution in [0.25, 0.3) is 10.8 Å². The van der Waals surface area contributed by atoms with Crippen LogP contribution < -0.4 is 5.32 Å². The first kappa shape index (κ1) is 11.2. The Balaban J connectivity index is 2.25. The van der Waals surface area contributed by atoms with Gasteiger partial charge in [-0.15, -0.1) is 0 Å². The number of hydrogen-bond donors (Lipinski definition) is 1. The van der Waals surface area contributed by atoms with Crippen LogP contribution in [0.2, 0.25) is 0 Å². The molecule has 0 saturated carbocycles. The van der Waals surface area contributed by atoms with Gasteiger partial charge in [-0.05, 0) is 28.8 Å². The van der Waals surface area contributed by atoms with E-state index in [9.17, 15) is 0 Å². The van der Waals surface area contributed by atoms with E-state index in [1.54, 1.807) is 0 Å². The quantitative estimate of drug-likeness (QED) is 0.819. The van der Waals surface area contributed by atoms with Crippen LogP contribution in [0.5, 0.6) is 0 Å². The normalized spacial score (nSPS) is 12.9. The van der Waals surface area contributed by atoms with Gasteiger partial charge >= 0.3 is 0 Å². The lowest BCUT2D eigenvalue weighted by Gasteiger charge is -2.13. The predicted octanol–water partition coefficient (Wildman–Crippen LogP) is 3.55. The summed E-state index contributed by atoms with van der Waals surface area (Å²) in [5.41, 5.74) is 1.42. The first-order chi connectivity index (χ1) is 7.81. The molecular formula is C15H19N. The van der Waals surface area contributed by atoms with Gasteiger partial charge in [-0.3, -0.25) is 0 Å². The van der Waals surface area contributed by atoms with Gasteiger partial charge in [0.1, 0.15) is 0 Å². The van der Waals surface area contributed by atoms with Crippen LogP contribution in [0.3, 0.4) is 0 Å². The topological polar surface area (TPSA) is 12.0 Å². The van der Waals surface area contributed by atoms with Crippen molar-refractivity contribution in [2.75, 3.05) is 13.1 Å². The van der Waals surface area contributed by atoms with Crippen LogP contribution in [0.4, 0.5) is 0 Å². The minimum absolute atomic E-state index is 0.574. The molecule has 16 heavy (non-hydrogen) atoms. The van der Waals surface area contributed by atoms with Gasteiger partial charge in [-0.25, -0.2) is 0 Å². The molecule has 0 spiro atoms. The van der Waals surface area contributed by atoms with E-state index in [-0.39, 0.29) is 0 Å². The summed E-state index contributed by atoms with van der Waals surface area (Å²) in [4.78, 5) is 0. The van der Waals surface area contributed by atoms with Crippen LogP contribution >= 0.6 is 0 Å². The molecule has 0 fully saturated rings. The number of rotatable bonds is 4. The van der Waals surface area contributed by atoms with E-state index >= 15 is 0 Å². The molecule has 1 heteroatoms. The summed E-state index contributed by atoms with van der Waals surface area (Å²) < 4.78 is 0. The molecule has 2 rings (SSSR count). The molecular weight excluding hydrogens is 194 g/mol. The molecule has 0 bridgehead atoms. The van der Waals surface area contributed by atoms with Crippen LogP contribution in [0.1, 0.15) is 25.3 Å². The van der Waals surface area contributed by atoms with Crippen molar-refractivity contribution >= 4 is 10.8 Å². The monoisotopic (exact) mass is 213 g/mol. The Kier molecular flexibility index (Phi) is 3.58. The Morgan fingerprint density at radius 1 is 1.06 bits per heavy atom. The van der Waals surface area contributed by atoms with Crippen molar-refractivity contribution in [3.05, 3.63) is 48.0 Å². The van der Waals surface area contributed by atoms with Crippen LogP contribution in [0, 0.1) is 0 Å². The van der Waals surface area contributed by atoms with Gasteiger partial charge in [0.25, 0.3) is 0 Å². The summed E-state index contributed by atoms with van der Waals surface area (Å²) in [6.45, 7) is 6.51. The zero-order chi connectivity index (χ0) is 11.4. The second-order valence-electron chi connectivity index (χ2n) is 4.32. The second-order valence-corrected chi connectivity index (χ2v) is 4.32. The van der Waals surface area contributed by atoms with Crippen molar-refractivity contribution in [2.45, 2.75) is 19.8 Å². The lowest BCUT2D eigenvalue weighted by molar-refractivity contribution is 0.635. The molecule has 84 valence electrons. The van der Waals surface area contributed by atoms with Crippen molar-refractivity contribution in [3.63, 3.8) is 0 Å². The highest BCUT2D eigenvalue weighted by molar-refractivity contribution is 5.83. The maximum atomic E-state index is 3.39. The van der Waals surface area contributed by atoms with Gasteiger partial charge in [-0.1, -0.05) is 56.3 Å². The average molecular weight is 213 g/mol. The van der Waals surface area contributed by atoms with E-state index in [1.165, 1.54) is 16.3 Å². The third-order valence-electron chi connectivity index (χ3n) is 3.04. The minimum atomic E-state index is 0.574. The maximum Gasteiger partial charge on any atom is 0.00173 e. The number of nitrogens with one attached hydrogen (secondary N) is 1. The SMILES string of the molecule is CCNCC(C)c1ccc2ccccc2c1. The number of likely N-dealkylation sites (N-methyl/N-ethyl adjacent to an activating group) is 1. The van der Waals surface area contributed by atoms with Gasteiger partial charge in [0, 0.05) is 6.54 Å². The Hall–Kier alpha value is -1.34. The summed E-state index contributed by atoms with van der Waals surface area (Å²) in [7, 11) is 0. The smallest absolute Gasteiger partial charge is 0.00173 e. The zero-order valence-corrected chi connectivity index (χ0v) is 10.0. The van der Waals surface area contributed by atoms with E-state index in [1.807, 2.05) is 0 Å². The zero-order valence-electron chi connectivity index (χ0n) is 10.0. The van der Waals surface area contributed by atoms with Gasteiger partial charge in [0.15, 0.2) is 0 Å². The Labute approximate surface area is 97.5 Å². The first-order valence-electron chi connectivity index (χ1n) is 6.00. The van der Waals surface area contributed by atoms with Crippen molar-refractivity contribution in [1.29, 1.82) is 0 Å². The molecule has 0 radical (unpaired) electrons. The fourth-order valence-electron chi connectivity index (χ4n) is 1.99. The molecule has 0 aromatic heterocycles. The standard InChI is InChI=1S/C15H19N/c1-3-16-11-12(2)14-9-8-13-6-4-5-7-15(13)10-14/h4-10,12,16H,3,11H2,1-2H3. The molecule has 1 N–H and O–H groups in total. The third-order valence-corrected chi connectivity index (χ3v) is 3.04. The fourth-order valence-corrected chi connectivity index (χ4v) is 1.99. The van der Waals surface area contributed by atoms with Gasteiger partial charge < -0.3 is 5.32 Å². The number of hydrogen-bond acceptors (Lipinski definition) is 1. The molecule has 2 aromatic rings. The summed E-state index contributed by atoms with van der Waals surface area (Å²) in [5, 5.41) is 6.05. The van der Waals surface area contributed by atoms with Gasteiger partial charge in [-0.2, -0.15) is 0 Å². The van der Waals surface area contributed by atoms with E-state index < -0.39 is 0 Å². The van der Waals surface area contributed by atoms with E-state index in [0.29, 0.717) is 5.92 Å². The van der Waals surface area contributed by atoms with Crippen molar-refractivity contribution in [3.8, 4) is 0 Å². The molecule has 1 unspecified atom stereocenters. The van der Waals surface area contributed by atoms with Crippen LogP contribution in [0.15, 0.2) is 42.5 Å². The Bertz CT molecular complexity index is 462. The molecule has 0 aliphatic heterocycles. The van der Waals surface area contributed by atoms with Crippen molar-refractivity contribution < 1.29 is 0 Å². The average Bonchev–Trinajstić information content (AvgIpc) is 2.35. The molecule has 0 aliphatic carbocycles. The molecule has 1 atom stereocenters. The first-order valence-corrected chi connectivity index (χ1v) is 6.00. The van der Waals surface area contributed by atoms with Crippen LogP contribution in [-0.4, -0.2) is 13.1 Å². The number of fused-ring (bicyclic) bond motifs is 1.